The fourth-order valence-corrected chi connectivity index (χ4v) is 6.24. The van der Waals surface area contributed by atoms with Crippen molar-refractivity contribution in [2.75, 3.05) is 7.11 Å². The van der Waals surface area contributed by atoms with Gasteiger partial charge in [-0.3, -0.25) is 14.4 Å². The van der Waals surface area contributed by atoms with Gasteiger partial charge in [0.2, 0.25) is 11.8 Å². The van der Waals surface area contributed by atoms with Crippen LogP contribution < -0.4 is 15.4 Å². The highest BCUT2D eigenvalue weighted by Gasteiger charge is 2.57. The molecule has 2 heterocycles. The second-order valence-corrected chi connectivity index (χ2v) is 11.3. The van der Waals surface area contributed by atoms with Crippen LogP contribution in [0.25, 0.3) is 0 Å². The molecule has 180 valence electrons. The van der Waals surface area contributed by atoms with E-state index in [0.29, 0.717) is 17.9 Å². The Bertz CT molecular complexity index is 1120. The minimum absolute atomic E-state index is 0.131. The molecule has 7 nitrogen and oxygen atoms in total. The normalized spacial score (nSPS) is 21.1. The molecule has 0 aliphatic carbocycles. The van der Waals surface area contributed by atoms with Crippen LogP contribution in [-0.2, 0) is 16.1 Å². The summed E-state index contributed by atoms with van der Waals surface area (Å²) in [5, 5.41) is 5.67. The van der Waals surface area contributed by atoms with E-state index < -0.39 is 16.8 Å². The predicted octanol–water partition coefficient (Wildman–Crippen LogP) is 3.50. The van der Waals surface area contributed by atoms with Crippen LogP contribution in [0.1, 0.15) is 54.6 Å². The highest BCUT2D eigenvalue weighted by molar-refractivity contribution is 8.01. The Morgan fingerprint density at radius 2 is 1.88 bits per heavy atom. The van der Waals surface area contributed by atoms with Crippen LogP contribution in [0.4, 0.5) is 0 Å². The van der Waals surface area contributed by atoms with Crippen LogP contribution >= 0.6 is 11.8 Å². The molecule has 1 fully saturated rings. The fourth-order valence-electron chi connectivity index (χ4n) is 4.65. The summed E-state index contributed by atoms with van der Waals surface area (Å²) in [4.78, 5) is 41.5. The molecule has 0 spiro atoms. The third-order valence-corrected chi connectivity index (χ3v) is 7.93. The molecule has 0 radical (unpaired) electrons. The Labute approximate surface area is 204 Å². The van der Waals surface area contributed by atoms with Gasteiger partial charge in [0.1, 0.15) is 23.2 Å². The van der Waals surface area contributed by atoms with Crippen LogP contribution in [0, 0.1) is 5.92 Å². The average molecular weight is 482 g/mol. The van der Waals surface area contributed by atoms with Gasteiger partial charge in [0, 0.05) is 16.9 Å². The number of carbonyl (C=O) groups is 3. The molecule has 3 atom stereocenters. The highest BCUT2D eigenvalue weighted by Crippen LogP contribution is 2.56. The van der Waals surface area contributed by atoms with Gasteiger partial charge in [-0.1, -0.05) is 44.2 Å². The van der Waals surface area contributed by atoms with Crippen molar-refractivity contribution in [3.05, 3.63) is 65.2 Å². The predicted molar refractivity (Wildman–Crippen MR) is 132 cm³/mol. The highest BCUT2D eigenvalue weighted by atomic mass is 32.2. The molecule has 2 aliphatic rings. The van der Waals surface area contributed by atoms with Crippen molar-refractivity contribution in [3.8, 4) is 5.75 Å². The van der Waals surface area contributed by atoms with Gasteiger partial charge < -0.3 is 20.3 Å². The van der Waals surface area contributed by atoms with Crippen molar-refractivity contribution < 1.29 is 19.1 Å². The molecule has 0 aromatic heterocycles. The number of carbonyl (C=O) groups excluding carboxylic acids is 3. The zero-order valence-corrected chi connectivity index (χ0v) is 20.9. The molecule has 2 aromatic carbocycles. The summed E-state index contributed by atoms with van der Waals surface area (Å²) in [6, 6.07) is 13.6. The number of thioether (sulfide) groups is 1. The van der Waals surface area contributed by atoms with Crippen molar-refractivity contribution in [2.24, 2.45) is 5.92 Å². The first-order valence-corrected chi connectivity index (χ1v) is 12.3. The van der Waals surface area contributed by atoms with E-state index in [0.717, 1.165) is 11.1 Å². The van der Waals surface area contributed by atoms with Crippen molar-refractivity contribution in [1.29, 1.82) is 0 Å². The Kier molecular flexibility index (Phi) is 6.62. The van der Waals surface area contributed by atoms with Gasteiger partial charge in [0.05, 0.1) is 7.11 Å². The number of hydrogen-bond donors (Lipinski definition) is 2. The third kappa shape index (κ3) is 4.39. The summed E-state index contributed by atoms with van der Waals surface area (Å²) in [6.45, 7) is 8.06. The van der Waals surface area contributed by atoms with Gasteiger partial charge in [-0.05, 0) is 49.1 Å². The number of methoxy groups -OCH3 is 1. The SMILES string of the molecule is COc1cccc(CNC(=O)[C@@H](NC(=O)[C@@H]2N3C(=O)c4ccccc4[C@H]3SC2(C)C)C(C)C)c1. The third-order valence-electron chi connectivity index (χ3n) is 6.39. The second-order valence-electron chi connectivity index (χ2n) is 9.58. The molecule has 0 bridgehead atoms. The molecule has 1 saturated heterocycles. The zero-order valence-electron chi connectivity index (χ0n) is 20.1. The van der Waals surface area contributed by atoms with E-state index >= 15 is 0 Å². The van der Waals surface area contributed by atoms with Gasteiger partial charge in [0.25, 0.3) is 5.91 Å². The maximum atomic E-state index is 13.6. The van der Waals surface area contributed by atoms with Crippen LogP contribution in [0.5, 0.6) is 5.75 Å². The monoisotopic (exact) mass is 481 g/mol. The minimum Gasteiger partial charge on any atom is -0.497 e. The van der Waals surface area contributed by atoms with Gasteiger partial charge in [-0.15, -0.1) is 11.8 Å². The first-order chi connectivity index (χ1) is 16.1. The molecule has 0 unspecified atom stereocenters. The van der Waals surface area contributed by atoms with Gasteiger partial charge in [-0.25, -0.2) is 0 Å². The first kappa shape index (κ1) is 24.1. The largest absolute Gasteiger partial charge is 0.497 e. The number of nitrogens with zero attached hydrogens (tertiary/aromatic N) is 1. The van der Waals surface area contributed by atoms with E-state index in [2.05, 4.69) is 10.6 Å². The van der Waals surface area contributed by atoms with Gasteiger partial charge in [0.15, 0.2) is 0 Å². The number of fused-ring (bicyclic) bond motifs is 3. The van der Waals surface area contributed by atoms with Gasteiger partial charge >= 0.3 is 0 Å². The lowest BCUT2D eigenvalue weighted by atomic mass is 9.98. The smallest absolute Gasteiger partial charge is 0.256 e. The van der Waals surface area contributed by atoms with Crippen LogP contribution in [-0.4, -0.2) is 46.6 Å². The maximum Gasteiger partial charge on any atom is 0.256 e. The summed E-state index contributed by atoms with van der Waals surface area (Å²) < 4.78 is 4.74. The number of nitrogens with one attached hydrogen (secondary N) is 2. The lowest BCUT2D eigenvalue weighted by Gasteiger charge is -2.32. The van der Waals surface area contributed by atoms with Crippen LogP contribution in [0.15, 0.2) is 48.5 Å². The van der Waals surface area contributed by atoms with E-state index in [1.807, 2.05) is 70.2 Å². The Morgan fingerprint density at radius 1 is 1.15 bits per heavy atom. The van der Waals surface area contributed by atoms with E-state index in [1.165, 1.54) is 0 Å². The number of amides is 3. The zero-order chi connectivity index (χ0) is 24.6. The lowest BCUT2D eigenvalue weighted by Crippen LogP contribution is -2.58. The van der Waals surface area contributed by atoms with E-state index in [1.54, 1.807) is 29.8 Å². The molecule has 4 rings (SSSR count). The molecule has 8 heteroatoms. The average Bonchev–Trinajstić information content (AvgIpc) is 3.24. The maximum absolute atomic E-state index is 13.6. The number of ether oxygens (including phenoxy) is 1. The fraction of sp³-hybridized carbons (Fsp3) is 0.423. The summed E-state index contributed by atoms with van der Waals surface area (Å²) in [6.07, 6.45) is 0. The van der Waals surface area contributed by atoms with Crippen molar-refractivity contribution in [2.45, 2.75) is 56.4 Å². The number of rotatable bonds is 7. The summed E-state index contributed by atoms with van der Waals surface area (Å²) >= 11 is 1.61. The molecule has 2 aromatic rings. The number of hydrogen-bond acceptors (Lipinski definition) is 5. The topological polar surface area (TPSA) is 87.7 Å². The van der Waals surface area contributed by atoms with Crippen molar-refractivity contribution >= 4 is 29.5 Å². The molecule has 0 saturated carbocycles. The summed E-state index contributed by atoms with van der Waals surface area (Å²) in [5.74, 6) is -0.123. The van der Waals surface area contributed by atoms with Gasteiger partial charge in [-0.2, -0.15) is 0 Å². The van der Waals surface area contributed by atoms with E-state index in [4.69, 9.17) is 4.74 Å². The molecule has 34 heavy (non-hydrogen) atoms. The Balaban J connectivity index is 1.49. The second kappa shape index (κ2) is 9.33. The van der Waals surface area contributed by atoms with Crippen molar-refractivity contribution in [1.82, 2.24) is 15.5 Å². The summed E-state index contributed by atoms with van der Waals surface area (Å²) in [7, 11) is 1.60. The molecule has 2 N–H and O–H groups in total. The van der Waals surface area contributed by atoms with Crippen LogP contribution in [0.3, 0.4) is 0 Å². The summed E-state index contributed by atoms with van der Waals surface area (Å²) in [5.41, 5.74) is 2.49. The molecular weight excluding hydrogens is 450 g/mol. The Hall–Kier alpha value is -3.00. The van der Waals surface area contributed by atoms with E-state index in [-0.39, 0.29) is 29.0 Å². The van der Waals surface area contributed by atoms with E-state index in [9.17, 15) is 14.4 Å². The lowest BCUT2D eigenvalue weighted by molar-refractivity contribution is -0.132. The van der Waals surface area contributed by atoms with Crippen LogP contribution in [0.2, 0.25) is 0 Å². The molecule has 2 aliphatic heterocycles. The quantitative estimate of drug-likeness (QED) is 0.632. The molecule has 3 amide bonds. The Morgan fingerprint density at radius 3 is 2.59 bits per heavy atom. The molecular formula is C26H31N3O4S. The first-order valence-electron chi connectivity index (χ1n) is 11.4. The van der Waals surface area contributed by atoms with Crippen molar-refractivity contribution in [3.63, 3.8) is 0 Å². The standard InChI is InChI=1S/C26H31N3O4S/c1-15(2)20(22(30)27-14-16-9-8-10-17(13-16)33-5)28-23(31)21-26(3,4)34-25-19-12-7-6-11-18(19)24(32)29(21)25/h6-13,15,20-21,25H,14H2,1-5H3,(H,27,30)(H,28,31)/t20-,21-,25+/m0/s1. The number of benzene rings is 2. The minimum atomic E-state index is -0.724.